The van der Waals surface area contributed by atoms with Gasteiger partial charge in [-0.3, -0.25) is 4.79 Å². The van der Waals surface area contributed by atoms with Crippen LogP contribution in [-0.4, -0.2) is 36.0 Å². The van der Waals surface area contributed by atoms with Crippen LogP contribution >= 0.6 is 12.4 Å². The van der Waals surface area contributed by atoms with Crippen molar-refractivity contribution in [2.24, 2.45) is 0 Å². The molecule has 2 atom stereocenters. The molecule has 2 unspecified atom stereocenters. The van der Waals surface area contributed by atoms with Crippen LogP contribution in [-0.2, 0) is 6.61 Å². The molecule has 25 heavy (non-hydrogen) atoms. The lowest BCUT2D eigenvalue weighted by atomic mass is 10.1. The summed E-state index contributed by atoms with van der Waals surface area (Å²) in [7, 11) is 0. The molecule has 0 aromatic heterocycles. The largest absolute Gasteiger partial charge is 0.489 e. The lowest BCUT2D eigenvalue weighted by molar-refractivity contribution is 0.0616. The Morgan fingerprint density at radius 1 is 1.16 bits per heavy atom. The van der Waals surface area contributed by atoms with Crippen molar-refractivity contribution in [1.82, 2.24) is 10.2 Å². The zero-order chi connectivity index (χ0) is 16.9. The van der Waals surface area contributed by atoms with E-state index in [1.807, 2.05) is 59.5 Å². The zero-order valence-corrected chi connectivity index (χ0v) is 15.5. The molecule has 1 heterocycles. The molecular formula is C20H25ClN2O2. The van der Waals surface area contributed by atoms with Crippen LogP contribution in [0.5, 0.6) is 5.75 Å². The van der Waals surface area contributed by atoms with Gasteiger partial charge in [0.25, 0.3) is 5.91 Å². The summed E-state index contributed by atoms with van der Waals surface area (Å²) in [6.45, 7) is 6.24. The highest BCUT2D eigenvalue weighted by Crippen LogP contribution is 2.18. The number of benzene rings is 2. The number of carbonyl (C=O) groups is 1. The molecule has 1 N–H and O–H groups in total. The maximum atomic E-state index is 12.8. The van der Waals surface area contributed by atoms with Crippen LogP contribution in [0.1, 0.15) is 29.8 Å². The molecule has 5 heteroatoms. The third-order valence-electron chi connectivity index (χ3n) is 4.35. The highest BCUT2D eigenvalue weighted by atomic mass is 35.5. The number of carbonyl (C=O) groups excluding carboxylic acids is 1. The molecular weight excluding hydrogens is 336 g/mol. The van der Waals surface area contributed by atoms with Crippen LogP contribution in [0.25, 0.3) is 0 Å². The normalized spacial score (nSPS) is 19.8. The van der Waals surface area contributed by atoms with Crippen molar-refractivity contribution in [1.29, 1.82) is 0 Å². The maximum absolute atomic E-state index is 12.8. The average molecular weight is 361 g/mol. The lowest BCUT2D eigenvalue weighted by Crippen LogP contribution is -2.56. The van der Waals surface area contributed by atoms with Gasteiger partial charge in [0.15, 0.2) is 0 Å². The Morgan fingerprint density at radius 3 is 2.68 bits per heavy atom. The summed E-state index contributed by atoms with van der Waals surface area (Å²) in [5.41, 5.74) is 1.79. The second-order valence-electron chi connectivity index (χ2n) is 6.42. The van der Waals surface area contributed by atoms with Crippen LogP contribution in [0.4, 0.5) is 0 Å². The number of hydrogen-bond acceptors (Lipinski definition) is 3. The van der Waals surface area contributed by atoms with Gasteiger partial charge >= 0.3 is 0 Å². The summed E-state index contributed by atoms with van der Waals surface area (Å²) in [4.78, 5) is 14.8. The minimum atomic E-state index is 0. The minimum absolute atomic E-state index is 0. The Hall–Kier alpha value is -2.04. The molecule has 0 spiro atoms. The summed E-state index contributed by atoms with van der Waals surface area (Å²) in [6, 6.07) is 18.0. The van der Waals surface area contributed by atoms with Gasteiger partial charge in [0.05, 0.1) is 0 Å². The van der Waals surface area contributed by atoms with E-state index >= 15 is 0 Å². The number of rotatable bonds is 4. The summed E-state index contributed by atoms with van der Waals surface area (Å²) < 4.78 is 5.84. The third-order valence-corrected chi connectivity index (χ3v) is 4.35. The fraction of sp³-hybridized carbons (Fsp3) is 0.350. The summed E-state index contributed by atoms with van der Waals surface area (Å²) >= 11 is 0. The number of nitrogens with zero attached hydrogens (tertiary/aromatic N) is 1. The first-order valence-electron chi connectivity index (χ1n) is 8.44. The van der Waals surface area contributed by atoms with Crippen LogP contribution in [0.2, 0.25) is 0 Å². The van der Waals surface area contributed by atoms with Crippen molar-refractivity contribution in [3.8, 4) is 5.75 Å². The van der Waals surface area contributed by atoms with Gasteiger partial charge in [0.2, 0.25) is 0 Å². The fourth-order valence-corrected chi connectivity index (χ4v) is 2.93. The molecule has 1 fully saturated rings. The number of hydrogen-bond donors (Lipinski definition) is 1. The van der Waals surface area contributed by atoms with Crippen LogP contribution in [0.15, 0.2) is 54.6 Å². The van der Waals surface area contributed by atoms with Crippen molar-refractivity contribution in [2.45, 2.75) is 32.5 Å². The van der Waals surface area contributed by atoms with E-state index in [-0.39, 0.29) is 24.4 Å². The molecule has 0 radical (unpaired) electrons. The maximum Gasteiger partial charge on any atom is 0.254 e. The van der Waals surface area contributed by atoms with Gasteiger partial charge in [-0.2, -0.15) is 0 Å². The van der Waals surface area contributed by atoms with Crippen LogP contribution in [0.3, 0.4) is 0 Å². The SMILES string of the molecule is CC1CN(C(=O)c2cccc(OCc3ccccc3)c2)C(C)CN1.Cl. The molecule has 0 aliphatic carbocycles. The first kappa shape index (κ1) is 19.3. The highest BCUT2D eigenvalue weighted by molar-refractivity contribution is 5.95. The topological polar surface area (TPSA) is 41.6 Å². The summed E-state index contributed by atoms with van der Waals surface area (Å²) in [5, 5.41) is 3.40. The van der Waals surface area contributed by atoms with E-state index in [0.717, 1.165) is 24.4 Å². The van der Waals surface area contributed by atoms with E-state index in [1.54, 1.807) is 0 Å². The smallest absolute Gasteiger partial charge is 0.254 e. The highest BCUT2D eigenvalue weighted by Gasteiger charge is 2.27. The second-order valence-corrected chi connectivity index (χ2v) is 6.42. The Labute approximate surface area is 155 Å². The Kier molecular flexibility index (Phi) is 6.85. The number of piperazine rings is 1. The van der Waals surface area contributed by atoms with Gasteiger partial charge < -0.3 is 15.0 Å². The van der Waals surface area contributed by atoms with Crippen LogP contribution < -0.4 is 10.1 Å². The first-order valence-corrected chi connectivity index (χ1v) is 8.44. The van der Waals surface area contributed by atoms with Crippen molar-refractivity contribution in [3.05, 3.63) is 65.7 Å². The quantitative estimate of drug-likeness (QED) is 0.907. The first-order chi connectivity index (χ1) is 11.6. The van der Waals surface area contributed by atoms with E-state index < -0.39 is 0 Å². The Bertz CT molecular complexity index is 693. The van der Waals surface area contributed by atoms with E-state index in [0.29, 0.717) is 18.2 Å². The Balaban J connectivity index is 0.00000225. The van der Waals surface area contributed by atoms with Crippen molar-refractivity contribution < 1.29 is 9.53 Å². The fourth-order valence-electron chi connectivity index (χ4n) is 2.93. The van der Waals surface area contributed by atoms with E-state index in [1.165, 1.54) is 0 Å². The van der Waals surface area contributed by atoms with Crippen molar-refractivity contribution in [3.63, 3.8) is 0 Å². The predicted octanol–water partition coefficient (Wildman–Crippen LogP) is 3.51. The lowest BCUT2D eigenvalue weighted by Gasteiger charge is -2.37. The molecule has 1 aliphatic rings. The number of halogens is 1. The van der Waals surface area contributed by atoms with Crippen molar-refractivity contribution >= 4 is 18.3 Å². The number of nitrogens with one attached hydrogen (secondary N) is 1. The van der Waals surface area contributed by atoms with Gasteiger partial charge in [0, 0.05) is 30.7 Å². The van der Waals surface area contributed by atoms with E-state index in [2.05, 4.69) is 19.2 Å². The minimum Gasteiger partial charge on any atom is -0.489 e. The standard InChI is InChI=1S/C20H24N2O2.ClH/c1-15-13-22(16(2)12-21-15)20(23)18-9-6-10-19(11-18)24-14-17-7-4-3-5-8-17;/h3-11,15-16,21H,12-14H2,1-2H3;1H. The molecule has 1 amide bonds. The molecule has 0 saturated carbocycles. The molecule has 4 nitrogen and oxygen atoms in total. The molecule has 3 rings (SSSR count). The number of ether oxygens (including phenoxy) is 1. The van der Waals surface area contributed by atoms with Gasteiger partial charge in [-0.05, 0) is 37.6 Å². The van der Waals surface area contributed by atoms with Gasteiger partial charge in [-0.1, -0.05) is 36.4 Å². The Morgan fingerprint density at radius 2 is 1.92 bits per heavy atom. The molecule has 1 saturated heterocycles. The van der Waals surface area contributed by atoms with Crippen LogP contribution in [0, 0.1) is 0 Å². The summed E-state index contributed by atoms with van der Waals surface area (Å²) in [6.07, 6.45) is 0. The monoisotopic (exact) mass is 360 g/mol. The number of amides is 1. The van der Waals surface area contributed by atoms with E-state index in [9.17, 15) is 4.79 Å². The molecule has 2 aromatic rings. The molecule has 134 valence electrons. The molecule has 0 bridgehead atoms. The average Bonchev–Trinajstić information content (AvgIpc) is 2.62. The zero-order valence-electron chi connectivity index (χ0n) is 14.6. The van der Waals surface area contributed by atoms with Crippen molar-refractivity contribution in [2.75, 3.05) is 13.1 Å². The van der Waals surface area contributed by atoms with E-state index in [4.69, 9.17) is 4.74 Å². The molecule has 1 aliphatic heterocycles. The van der Waals surface area contributed by atoms with Gasteiger partial charge in [0.1, 0.15) is 12.4 Å². The second kappa shape index (κ2) is 8.88. The van der Waals surface area contributed by atoms with Gasteiger partial charge in [-0.25, -0.2) is 0 Å². The summed E-state index contributed by atoms with van der Waals surface area (Å²) in [5.74, 6) is 0.793. The molecule has 2 aromatic carbocycles. The third kappa shape index (κ3) is 4.97. The predicted molar refractivity (Wildman–Crippen MR) is 102 cm³/mol. The van der Waals surface area contributed by atoms with Gasteiger partial charge in [-0.15, -0.1) is 12.4 Å².